The van der Waals surface area contributed by atoms with Crippen molar-refractivity contribution in [1.82, 2.24) is 5.32 Å². The number of rotatable bonds is 5. The molecule has 2 aliphatic rings. The van der Waals surface area contributed by atoms with Crippen LogP contribution in [-0.4, -0.2) is 12.5 Å². The van der Waals surface area contributed by atoms with Crippen LogP contribution in [-0.2, 0) is 15.6 Å². The van der Waals surface area contributed by atoms with Gasteiger partial charge in [-0.25, -0.2) is 4.39 Å². The summed E-state index contributed by atoms with van der Waals surface area (Å²) in [6.45, 7) is 0.645. The maximum Gasteiger partial charge on any atom is 0.230 e. The molecule has 0 aromatic heterocycles. The molecule has 2 nitrogen and oxygen atoms in total. The summed E-state index contributed by atoms with van der Waals surface area (Å²) in [6, 6.07) is 17.1. The third kappa shape index (κ3) is 2.43. The van der Waals surface area contributed by atoms with E-state index < -0.39 is 5.41 Å². The molecule has 0 unspecified atom stereocenters. The fraction of sp³-hybridized carbons (Fsp3) is 0.381. The van der Waals surface area contributed by atoms with Crippen LogP contribution >= 0.6 is 0 Å². The molecule has 2 fully saturated rings. The zero-order valence-corrected chi connectivity index (χ0v) is 13.7. The second-order valence-electron chi connectivity index (χ2n) is 7.24. The topological polar surface area (TPSA) is 29.1 Å². The van der Waals surface area contributed by atoms with Gasteiger partial charge in [-0.15, -0.1) is 0 Å². The quantitative estimate of drug-likeness (QED) is 0.882. The van der Waals surface area contributed by atoms with E-state index in [4.69, 9.17) is 0 Å². The van der Waals surface area contributed by atoms with Gasteiger partial charge in [0, 0.05) is 17.5 Å². The van der Waals surface area contributed by atoms with Gasteiger partial charge in [0.05, 0.1) is 5.41 Å². The van der Waals surface area contributed by atoms with Gasteiger partial charge in [0.15, 0.2) is 0 Å². The highest BCUT2D eigenvalue weighted by Crippen LogP contribution is 2.49. The van der Waals surface area contributed by atoms with E-state index in [1.807, 2.05) is 24.3 Å². The predicted octanol–water partition coefficient (Wildman–Crippen LogP) is 4.10. The molecule has 1 amide bonds. The number of amides is 1. The molecule has 0 heterocycles. The van der Waals surface area contributed by atoms with Crippen molar-refractivity contribution in [2.24, 2.45) is 0 Å². The normalized spacial score (nSPS) is 20.0. The lowest BCUT2D eigenvalue weighted by Gasteiger charge is -2.41. The minimum atomic E-state index is -0.669. The Kier molecular flexibility index (Phi) is 3.67. The second-order valence-corrected chi connectivity index (χ2v) is 7.24. The fourth-order valence-corrected chi connectivity index (χ4v) is 3.93. The standard InChI is InChI=1S/C21H22FNO/c22-18-10-5-4-9-17(18)21(11-6-12-21)19(24)23-15-20(13-14-20)16-7-2-1-3-8-16/h1-5,7-10H,6,11-15H2,(H,23,24). The van der Waals surface area contributed by atoms with Crippen molar-refractivity contribution in [2.75, 3.05) is 6.54 Å². The predicted molar refractivity (Wildman–Crippen MR) is 92.3 cm³/mol. The summed E-state index contributed by atoms with van der Waals surface area (Å²) in [6.07, 6.45) is 4.65. The van der Waals surface area contributed by atoms with Crippen molar-refractivity contribution in [3.05, 3.63) is 71.5 Å². The molecule has 0 aliphatic heterocycles. The lowest BCUT2D eigenvalue weighted by Crippen LogP contribution is -2.51. The van der Waals surface area contributed by atoms with Crippen LogP contribution in [0.3, 0.4) is 0 Å². The van der Waals surface area contributed by atoms with Gasteiger partial charge in [-0.1, -0.05) is 55.0 Å². The smallest absolute Gasteiger partial charge is 0.230 e. The van der Waals surface area contributed by atoms with Crippen LogP contribution in [0.5, 0.6) is 0 Å². The van der Waals surface area contributed by atoms with Gasteiger partial charge in [0.25, 0.3) is 0 Å². The van der Waals surface area contributed by atoms with Crippen LogP contribution in [0.4, 0.5) is 4.39 Å². The third-order valence-corrected chi connectivity index (χ3v) is 5.86. The minimum absolute atomic E-state index is 0.0129. The van der Waals surface area contributed by atoms with Crippen molar-refractivity contribution < 1.29 is 9.18 Å². The summed E-state index contributed by atoms with van der Waals surface area (Å²) in [5.74, 6) is -0.280. The Hall–Kier alpha value is -2.16. The highest BCUT2D eigenvalue weighted by molar-refractivity contribution is 5.89. The van der Waals surface area contributed by atoms with Gasteiger partial charge in [-0.05, 0) is 37.3 Å². The van der Waals surface area contributed by atoms with Gasteiger partial charge in [-0.3, -0.25) is 4.79 Å². The molecule has 2 aromatic carbocycles. The van der Waals surface area contributed by atoms with Crippen molar-refractivity contribution >= 4 is 5.91 Å². The lowest BCUT2D eigenvalue weighted by atomic mass is 9.63. The van der Waals surface area contributed by atoms with E-state index in [1.54, 1.807) is 12.1 Å². The average molecular weight is 323 g/mol. The first kappa shape index (κ1) is 15.4. The van der Waals surface area contributed by atoms with Crippen LogP contribution in [0.15, 0.2) is 54.6 Å². The molecule has 0 spiro atoms. The maximum atomic E-state index is 14.2. The SMILES string of the molecule is O=C(NCC1(c2ccccc2)CC1)C1(c2ccccc2F)CCC1. The molecule has 0 atom stereocenters. The number of carbonyl (C=O) groups is 1. The molecular formula is C21H22FNO. The van der Waals surface area contributed by atoms with E-state index in [1.165, 1.54) is 11.6 Å². The number of carbonyl (C=O) groups excluding carboxylic acids is 1. The second kappa shape index (κ2) is 5.73. The van der Waals surface area contributed by atoms with Crippen molar-refractivity contribution in [2.45, 2.75) is 42.9 Å². The fourth-order valence-electron chi connectivity index (χ4n) is 3.93. The first-order valence-corrected chi connectivity index (χ1v) is 8.75. The van der Waals surface area contributed by atoms with Crippen molar-refractivity contribution in [3.63, 3.8) is 0 Å². The zero-order chi connectivity index (χ0) is 16.6. The summed E-state index contributed by atoms with van der Waals surface area (Å²) in [5.41, 5.74) is 1.26. The minimum Gasteiger partial charge on any atom is -0.354 e. The maximum absolute atomic E-state index is 14.2. The number of hydrogen-bond acceptors (Lipinski definition) is 1. The molecule has 3 heteroatoms. The first-order valence-electron chi connectivity index (χ1n) is 8.75. The Morgan fingerprint density at radius 2 is 1.62 bits per heavy atom. The highest BCUT2D eigenvalue weighted by Gasteiger charge is 2.49. The Bertz CT molecular complexity index is 747. The molecule has 0 bridgehead atoms. The summed E-state index contributed by atoms with van der Waals surface area (Å²) in [5, 5.41) is 3.15. The van der Waals surface area contributed by atoms with E-state index in [0.717, 1.165) is 32.1 Å². The van der Waals surface area contributed by atoms with Crippen LogP contribution in [0.1, 0.15) is 43.2 Å². The monoisotopic (exact) mass is 323 g/mol. The molecule has 2 saturated carbocycles. The van der Waals surface area contributed by atoms with Crippen LogP contribution in [0.25, 0.3) is 0 Å². The summed E-state index contributed by atoms with van der Waals surface area (Å²) in [7, 11) is 0. The molecule has 2 aromatic rings. The van der Waals surface area contributed by atoms with Gasteiger partial charge in [0.2, 0.25) is 5.91 Å². The van der Waals surface area contributed by atoms with Crippen LogP contribution in [0.2, 0.25) is 0 Å². The van der Waals surface area contributed by atoms with Gasteiger partial charge < -0.3 is 5.32 Å². The third-order valence-electron chi connectivity index (χ3n) is 5.86. The van der Waals surface area contributed by atoms with Gasteiger partial charge in [-0.2, -0.15) is 0 Å². The summed E-state index contributed by atoms with van der Waals surface area (Å²) >= 11 is 0. The zero-order valence-electron chi connectivity index (χ0n) is 13.7. The average Bonchev–Trinajstić information content (AvgIpc) is 3.36. The molecule has 24 heavy (non-hydrogen) atoms. The van der Waals surface area contributed by atoms with Crippen LogP contribution in [0, 0.1) is 5.82 Å². The highest BCUT2D eigenvalue weighted by atomic mass is 19.1. The number of benzene rings is 2. The molecule has 1 N–H and O–H groups in total. The molecule has 124 valence electrons. The molecule has 0 saturated heterocycles. The molecule has 0 radical (unpaired) electrons. The van der Waals surface area contributed by atoms with E-state index in [9.17, 15) is 9.18 Å². The Morgan fingerprint density at radius 1 is 0.958 bits per heavy atom. The molecule has 4 rings (SSSR count). The lowest BCUT2D eigenvalue weighted by molar-refractivity contribution is -0.130. The number of halogens is 1. The molecule has 2 aliphatic carbocycles. The summed E-state index contributed by atoms with van der Waals surface area (Å²) in [4.78, 5) is 12.9. The Balaban J connectivity index is 1.51. The van der Waals surface area contributed by atoms with Crippen molar-refractivity contribution in [3.8, 4) is 0 Å². The Morgan fingerprint density at radius 3 is 2.21 bits per heavy atom. The van der Waals surface area contributed by atoms with Gasteiger partial charge >= 0.3 is 0 Å². The Labute approximate surface area is 142 Å². The van der Waals surface area contributed by atoms with Gasteiger partial charge in [0.1, 0.15) is 5.82 Å². The van der Waals surface area contributed by atoms with E-state index in [-0.39, 0.29) is 17.1 Å². The number of nitrogens with one attached hydrogen (secondary N) is 1. The largest absolute Gasteiger partial charge is 0.354 e. The molecular weight excluding hydrogens is 301 g/mol. The van der Waals surface area contributed by atoms with E-state index >= 15 is 0 Å². The summed E-state index contributed by atoms with van der Waals surface area (Å²) < 4.78 is 14.2. The van der Waals surface area contributed by atoms with E-state index in [0.29, 0.717) is 12.1 Å². The number of hydrogen-bond donors (Lipinski definition) is 1. The first-order chi connectivity index (χ1) is 11.7. The van der Waals surface area contributed by atoms with Crippen molar-refractivity contribution in [1.29, 1.82) is 0 Å². The van der Waals surface area contributed by atoms with Crippen LogP contribution < -0.4 is 5.32 Å². The van der Waals surface area contributed by atoms with E-state index in [2.05, 4.69) is 17.4 Å².